The summed E-state index contributed by atoms with van der Waals surface area (Å²) < 4.78 is 9.08. The van der Waals surface area contributed by atoms with Gasteiger partial charge in [-0.05, 0) is 25.8 Å². The first-order valence-electron chi connectivity index (χ1n) is 6.05. The molecule has 0 saturated heterocycles. The van der Waals surface area contributed by atoms with Crippen LogP contribution in [-0.2, 0) is 19.1 Å². The van der Waals surface area contributed by atoms with Gasteiger partial charge in [-0.1, -0.05) is 44.7 Å². The predicted octanol–water partition coefficient (Wildman–Crippen LogP) is 4.01. The van der Waals surface area contributed by atoms with Crippen molar-refractivity contribution in [1.82, 2.24) is 0 Å². The van der Waals surface area contributed by atoms with Gasteiger partial charge in [-0.25, -0.2) is 9.59 Å². The molecule has 116 valence electrons. The van der Waals surface area contributed by atoms with Gasteiger partial charge in [-0.15, -0.1) is 0 Å². The molecule has 0 radical (unpaired) electrons. The first-order chi connectivity index (χ1) is 9.28. The molecule has 0 rings (SSSR count). The summed E-state index contributed by atoms with van der Waals surface area (Å²) >= 11 is 4.76. The Morgan fingerprint density at radius 2 is 1.55 bits per heavy atom. The van der Waals surface area contributed by atoms with Crippen molar-refractivity contribution in [2.45, 2.75) is 33.6 Å². The molecule has 0 aliphatic rings. The average molecular weight is 305 g/mol. The molecule has 0 saturated carbocycles. The van der Waals surface area contributed by atoms with E-state index in [9.17, 15) is 9.59 Å². The zero-order chi connectivity index (χ0) is 16.6. The second kappa shape index (κ2) is 17.4. The number of esters is 2. The van der Waals surface area contributed by atoms with E-state index in [1.165, 1.54) is 12.6 Å². The van der Waals surface area contributed by atoms with Crippen molar-refractivity contribution < 1.29 is 19.1 Å². The van der Waals surface area contributed by atoms with E-state index in [4.69, 9.17) is 16.3 Å². The largest absolute Gasteiger partial charge is 0.466 e. The van der Waals surface area contributed by atoms with Gasteiger partial charge in [0, 0.05) is 11.1 Å². The van der Waals surface area contributed by atoms with Crippen LogP contribution in [0.2, 0.25) is 0 Å². The normalized spacial score (nSPS) is 7.85. The van der Waals surface area contributed by atoms with Crippen LogP contribution >= 0.6 is 11.6 Å². The van der Waals surface area contributed by atoms with Gasteiger partial charge in [0.1, 0.15) is 0 Å². The van der Waals surface area contributed by atoms with Gasteiger partial charge in [-0.2, -0.15) is 0 Å². The molecule has 0 aromatic rings. The minimum absolute atomic E-state index is 0.284. The molecule has 0 bridgehead atoms. The molecule has 0 aromatic carbocycles. The Bertz CT molecular complexity index is 322. The quantitative estimate of drug-likeness (QED) is 0.437. The van der Waals surface area contributed by atoms with Gasteiger partial charge in [0.15, 0.2) is 0 Å². The van der Waals surface area contributed by atoms with Gasteiger partial charge in [0.2, 0.25) is 0 Å². The summed E-state index contributed by atoms with van der Waals surface area (Å²) in [5, 5.41) is 0. The fraction of sp³-hybridized carbons (Fsp3) is 0.467. The zero-order valence-electron chi connectivity index (χ0n) is 12.8. The third-order valence-electron chi connectivity index (χ3n) is 1.61. The van der Waals surface area contributed by atoms with Crippen molar-refractivity contribution in [3.05, 3.63) is 36.4 Å². The zero-order valence-corrected chi connectivity index (χ0v) is 13.6. The summed E-state index contributed by atoms with van der Waals surface area (Å²) in [4.78, 5) is 20.9. The summed E-state index contributed by atoms with van der Waals surface area (Å²) in [6, 6.07) is 0. The lowest BCUT2D eigenvalue weighted by Crippen LogP contribution is -2.05. The van der Waals surface area contributed by atoms with Crippen molar-refractivity contribution in [2.75, 3.05) is 13.7 Å². The number of methoxy groups -OCH3 is 1. The third-order valence-corrected chi connectivity index (χ3v) is 1.61. The van der Waals surface area contributed by atoms with Gasteiger partial charge in [-0.3, -0.25) is 0 Å². The van der Waals surface area contributed by atoms with Crippen LogP contribution in [0.1, 0.15) is 33.6 Å². The van der Waals surface area contributed by atoms with Crippen LogP contribution in [0.25, 0.3) is 0 Å². The molecular formula is C15H25ClO4. The van der Waals surface area contributed by atoms with Crippen LogP contribution in [0.15, 0.2) is 36.4 Å². The van der Waals surface area contributed by atoms with Crippen molar-refractivity contribution >= 4 is 23.5 Å². The monoisotopic (exact) mass is 304 g/mol. The Kier molecular flexibility index (Phi) is 20.5. The van der Waals surface area contributed by atoms with Crippen molar-refractivity contribution in [3.63, 3.8) is 0 Å². The summed E-state index contributed by atoms with van der Waals surface area (Å²) in [6.45, 7) is 15.8. The van der Waals surface area contributed by atoms with Gasteiger partial charge in [0.25, 0.3) is 0 Å². The Morgan fingerprint density at radius 3 is 1.75 bits per heavy atom. The fourth-order valence-corrected chi connectivity index (χ4v) is 0.607. The molecule has 0 unspecified atom stereocenters. The SMILES string of the molecule is C=C(C)C(=O)OC.C=C(C)C(=O)OCCCC.C=CCl. The number of hydrogen-bond donors (Lipinski definition) is 0. The van der Waals surface area contributed by atoms with E-state index in [1.54, 1.807) is 13.8 Å². The van der Waals surface area contributed by atoms with Crippen LogP contribution in [-0.4, -0.2) is 25.7 Å². The summed E-state index contributed by atoms with van der Waals surface area (Å²) in [5.41, 5.74) is 2.12. The maximum Gasteiger partial charge on any atom is 0.333 e. The maximum atomic E-state index is 10.7. The lowest BCUT2D eigenvalue weighted by molar-refractivity contribution is -0.139. The number of rotatable bonds is 5. The molecule has 0 spiro atoms. The van der Waals surface area contributed by atoms with E-state index < -0.39 is 0 Å². The topological polar surface area (TPSA) is 52.6 Å². The Morgan fingerprint density at radius 1 is 1.15 bits per heavy atom. The third kappa shape index (κ3) is 21.7. The minimum atomic E-state index is -0.347. The molecule has 5 heteroatoms. The van der Waals surface area contributed by atoms with Gasteiger partial charge in [0.05, 0.1) is 13.7 Å². The molecule has 0 heterocycles. The van der Waals surface area contributed by atoms with Crippen molar-refractivity contribution in [2.24, 2.45) is 0 Å². The Balaban J connectivity index is -0.000000251. The first-order valence-corrected chi connectivity index (χ1v) is 6.49. The molecule has 0 aliphatic heterocycles. The molecule has 0 amide bonds. The van der Waals surface area contributed by atoms with Crippen LogP contribution in [0, 0.1) is 0 Å². The number of unbranched alkanes of at least 4 members (excludes halogenated alkanes) is 1. The summed E-state index contributed by atoms with van der Waals surface area (Å²) in [5.74, 6) is -0.631. The lowest BCUT2D eigenvalue weighted by Gasteiger charge is -2.01. The van der Waals surface area contributed by atoms with E-state index in [0.29, 0.717) is 17.8 Å². The molecule has 0 N–H and O–H groups in total. The lowest BCUT2D eigenvalue weighted by atomic mass is 10.3. The van der Waals surface area contributed by atoms with E-state index in [1.807, 2.05) is 0 Å². The van der Waals surface area contributed by atoms with E-state index in [0.717, 1.165) is 12.8 Å². The molecule has 0 aromatic heterocycles. The second-order valence-corrected chi connectivity index (χ2v) is 4.00. The summed E-state index contributed by atoms with van der Waals surface area (Å²) in [6.07, 6.45) is 1.97. The molecule has 0 atom stereocenters. The van der Waals surface area contributed by atoms with Crippen LogP contribution in [0.4, 0.5) is 0 Å². The maximum absolute atomic E-state index is 10.7. The first kappa shape index (κ1) is 23.5. The number of carbonyl (C=O) groups is 2. The predicted molar refractivity (Wildman–Crippen MR) is 83.6 cm³/mol. The summed E-state index contributed by atoms with van der Waals surface area (Å²) in [7, 11) is 1.33. The standard InChI is InChI=1S/C8H14O2.C5H8O2.C2H3Cl/c1-4-5-6-10-8(9)7(2)3;1-4(2)5(6)7-3;1-2-3/h2,4-6H2,1,3H3;1H2,2-3H3;2H,1H2. The second-order valence-electron chi connectivity index (χ2n) is 3.70. The highest BCUT2D eigenvalue weighted by Gasteiger charge is 2.00. The number of halogens is 1. The smallest absolute Gasteiger partial charge is 0.333 e. The molecule has 20 heavy (non-hydrogen) atoms. The molecule has 0 aliphatic carbocycles. The molecular weight excluding hydrogens is 280 g/mol. The van der Waals surface area contributed by atoms with Crippen LogP contribution in [0.3, 0.4) is 0 Å². The van der Waals surface area contributed by atoms with Crippen molar-refractivity contribution in [3.8, 4) is 0 Å². The fourth-order valence-electron chi connectivity index (χ4n) is 0.607. The molecule has 0 fully saturated rings. The highest BCUT2D eigenvalue weighted by molar-refractivity contribution is 6.25. The van der Waals surface area contributed by atoms with Crippen LogP contribution < -0.4 is 0 Å². The van der Waals surface area contributed by atoms with Crippen LogP contribution in [0.5, 0.6) is 0 Å². The molecule has 4 nitrogen and oxygen atoms in total. The highest BCUT2D eigenvalue weighted by Crippen LogP contribution is 1.94. The van der Waals surface area contributed by atoms with E-state index >= 15 is 0 Å². The van der Waals surface area contributed by atoms with Crippen molar-refractivity contribution in [1.29, 1.82) is 0 Å². The van der Waals surface area contributed by atoms with Gasteiger partial charge < -0.3 is 9.47 Å². The highest BCUT2D eigenvalue weighted by atomic mass is 35.5. The number of hydrogen-bond acceptors (Lipinski definition) is 4. The Labute approximate surface area is 127 Å². The number of ether oxygens (including phenoxy) is 2. The van der Waals surface area contributed by atoms with E-state index in [2.05, 4.69) is 31.4 Å². The van der Waals surface area contributed by atoms with E-state index in [-0.39, 0.29) is 11.9 Å². The number of carbonyl (C=O) groups excluding carboxylic acids is 2. The minimum Gasteiger partial charge on any atom is -0.466 e. The average Bonchev–Trinajstić information content (AvgIpc) is 2.39. The van der Waals surface area contributed by atoms with Gasteiger partial charge >= 0.3 is 11.9 Å². The Hall–Kier alpha value is -1.55.